The van der Waals surface area contributed by atoms with Gasteiger partial charge < -0.3 is 5.73 Å². The minimum atomic E-state index is 0.566. The fourth-order valence-electron chi connectivity index (χ4n) is 2.63. The predicted molar refractivity (Wildman–Crippen MR) is 78.3 cm³/mol. The summed E-state index contributed by atoms with van der Waals surface area (Å²) in [6.07, 6.45) is 6.34. The van der Waals surface area contributed by atoms with Gasteiger partial charge in [0.05, 0.1) is 0 Å². The molecule has 0 saturated heterocycles. The van der Waals surface area contributed by atoms with E-state index in [9.17, 15) is 0 Å². The van der Waals surface area contributed by atoms with E-state index in [2.05, 4.69) is 39.5 Å². The van der Waals surface area contributed by atoms with E-state index in [0.717, 1.165) is 12.5 Å². The van der Waals surface area contributed by atoms with Crippen LogP contribution in [0.5, 0.6) is 0 Å². The summed E-state index contributed by atoms with van der Waals surface area (Å²) in [6.45, 7) is 13.5. The van der Waals surface area contributed by atoms with Gasteiger partial charge >= 0.3 is 0 Å². The first-order chi connectivity index (χ1) is 8.12. The molecule has 17 heavy (non-hydrogen) atoms. The van der Waals surface area contributed by atoms with Crippen molar-refractivity contribution in [1.82, 2.24) is 4.90 Å². The van der Waals surface area contributed by atoms with Gasteiger partial charge in [0, 0.05) is 18.6 Å². The first-order valence-electron chi connectivity index (χ1n) is 7.57. The highest BCUT2D eigenvalue weighted by molar-refractivity contribution is 4.81. The third-order valence-corrected chi connectivity index (χ3v) is 4.00. The van der Waals surface area contributed by atoms with E-state index in [1.54, 1.807) is 0 Å². The maximum atomic E-state index is 6.03. The van der Waals surface area contributed by atoms with E-state index in [0.29, 0.717) is 12.1 Å². The van der Waals surface area contributed by atoms with Crippen LogP contribution in [0.25, 0.3) is 0 Å². The Kier molecular flexibility index (Phi) is 9.85. The molecular weight excluding hydrogens is 208 g/mol. The SMILES string of the molecule is CCCCN(C(C)CC)C(CN)C(C)CCC. The van der Waals surface area contributed by atoms with Crippen molar-refractivity contribution < 1.29 is 0 Å². The van der Waals surface area contributed by atoms with Crippen molar-refractivity contribution in [3.05, 3.63) is 0 Å². The lowest BCUT2D eigenvalue weighted by molar-refractivity contribution is 0.100. The molecule has 0 aromatic carbocycles. The van der Waals surface area contributed by atoms with Gasteiger partial charge in [0.15, 0.2) is 0 Å². The molecule has 0 aromatic rings. The summed E-state index contributed by atoms with van der Waals surface area (Å²) in [5.74, 6) is 0.718. The van der Waals surface area contributed by atoms with Crippen LogP contribution >= 0.6 is 0 Å². The van der Waals surface area contributed by atoms with Crippen molar-refractivity contribution in [1.29, 1.82) is 0 Å². The van der Waals surface area contributed by atoms with Crippen molar-refractivity contribution in [3.63, 3.8) is 0 Å². The lowest BCUT2D eigenvalue weighted by atomic mass is 9.93. The van der Waals surface area contributed by atoms with E-state index in [1.165, 1.54) is 38.6 Å². The van der Waals surface area contributed by atoms with E-state index < -0.39 is 0 Å². The molecule has 0 radical (unpaired) electrons. The lowest BCUT2D eigenvalue weighted by Gasteiger charge is -2.39. The summed E-state index contributed by atoms with van der Waals surface area (Å²) in [6, 6.07) is 1.23. The predicted octanol–water partition coefficient (Wildman–Crippen LogP) is 3.65. The molecule has 0 rings (SSSR count). The van der Waals surface area contributed by atoms with Gasteiger partial charge in [-0.2, -0.15) is 0 Å². The van der Waals surface area contributed by atoms with Crippen LogP contribution < -0.4 is 5.73 Å². The monoisotopic (exact) mass is 242 g/mol. The highest BCUT2D eigenvalue weighted by Crippen LogP contribution is 2.20. The molecule has 0 amide bonds. The molecule has 2 heteroatoms. The van der Waals surface area contributed by atoms with Crippen LogP contribution in [-0.2, 0) is 0 Å². The third kappa shape index (κ3) is 5.87. The number of unbranched alkanes of at least 4 members (excludes halogenated alkanes) is 1. The van der Waals surface area contributed by atoms with Gasteiger partial charge in [0.1, 0.15) is 0 Å². The topological polar surface area (TPSA) is 29.3 Å². The van der Waals surface area contributed by atoms with Gasteiger partial charge in [-0.25, -0.2) is 0 Å². The van der Waals surface area contributed by atoms with Gasteiger partial charge in [-0.1, -0.05) is 40.5 Å². The summed E-state index contributed by atoms with van der Waals surface area (Å²) in [5.41, 5.74) is 6.03. The van der Waals surface area contributed by atoms with Crippen molar-refractivity contribution in [2.75, 3.05) is 13.1 Å². The molecule has 104 valence electrons. The lowest BCUT2D eigenvalue weighted by Crippen LogP contribution is -2.49. The van der Waals surface area contributed by atoms with E-state index in [4.69, 9.17) is 5.73 Å². The quantitative estimate of drug-likeness (QED) is 0.633. The first kappa shape index (κ1) is 16.9. The smallest absolute Gasteiger partial charge is 0.0246 e. The molecule has 0 saturated carbocycles. The fourth-order valence-corrected chi connectivity index (χ4v) is 2.63. The second-order valence-corrected chi connectivity index (χ2v) is 5.42. The Bertz CT molecular complexity index is 170. The summed E-state index contributed by atoms with van der Waals surface area (Å²) in [7, 11) is 0. The normalized spacial score (nSPS) is 17.1. The van der Waals surface area contributed by atoms with Gasteiger partial charge in [-0.15, -0.1) is 0 Å². The Morgan fingerprint density at radius 3 is 2.12 bits per heavy atom. The van der Waals surface area contributed by atoms with Crippen molar-refractivity contribution in [2.45, 2.75) is 78.8 Å². The molecule has 2 nitrogen and oxygen atoms in total. The standard InChI is InChI=1S/C15H34N2/c1-6-9-11-17(14(5)8-3)15(12-16)13(4)10-7-2/h13-15H,6-12,16H2,1-5H3. The Morgan fingerprint density at radius 1 is 1.06 bits per heavy atom. The number of nitrogens with two attached hydrogens (primary N) is 1. The highest BCUT2D eigenvalue weighted by Gasteiger charge is 2.25. The van der Waals surface area contributed by atoms with E-state index in [1.807, 2.05) is 0 Å². The average Bonchev–Trinajstić information content (AvgIpc) is 2.33. The van der Waals surface area contributed by atoms with Crippen molar-refractivity contribution >= 4 is 0 Å². The summed E-state index contributed by atoms with van der Waals surface area (Å²) >= 11 is 0. The molecular formula is C15H34N2. The number of nitrogens with zero attached hydrogens (tertiary/aromatic N) is 1. The minimum Gasteiger partial charge on any atom is -0.329 e. The Morgan fingerprint density at radius 2 is 1.71 bits per heavy atom. The zero-order valence-corrected chi connectivity index (χ0v) is 12.7. The van der Waals surface area contributed by atoms with Gasteiger partial charge in [0.25, 0.3) is 0 Å². The van der Waals surface area contributed by atoms with Crippen molar-refractivity contribution in [3.8, 4) is 0 Å². The molecule has 0 aliphatic heterocycles. The van der Waals surface area contributed by atoms with Crippen LogP contribution in [0.15, 0.2) is 0 Å². The second kappa shape index (κ2) is 9.90. The highest BCUT2D eigenvalue weighted by atomic mass is 15.2. The maximum Gasteiger partial charge on any atom is 0.0246 e. The fraction of sp³-hybridized carbons (Fsp3) is 1.00. The zero-order chi connectivity index (χ0) is 13.3. The van der Waals surface area contributed by atoms with Crippen LogP contribution in [0.4, 0.5) is 0 Å². The minimum absolute atomic E-state index is 0.566. The van der Waals surface area contributed by atoms with E-state index in [-0.39, 0.29) is 0 Å². The van der Waals surface area contributed by atoms with E-state index >= 15 is 0 Å². The molecule has 0 aliphatic carbocycles. The summed E-state index contributed by atoms with van der Waals surface area (Å²) < 4.78 is 0. The van der Waals surface area contributed by atoms with Gasteiger partial charge in [-0.3, -0.25) is 4.90 Å². The molecule has 0 bridgehead atoms. The summed E-state index contributed by atoms with van der Waals surface area (Å²) in [5, 5.41) is 0. The Labute approximate surface area is 109 Å². The van der Waals surface area contributed by atoms with Crippen LogP contribution in [-0.4, -0.2) is 30.1 Å². The van der Waals surface area contributed by atoms with Crippen LogP contribution in [0.1, 0.15) is 66.7 Å². The Balaban J connectivity index is 4.58. The zero-order valence-electron chi connectivity index (χ0n) is 12.7. The summed E-state index contributed by atoms with van der Waals surface area (Å²) in [4.78, 5) is 2.66. The number of rotatable bonds is 10. The molecule has 0 aromatic heterocycles. The first-order valence-corrected chi connectivity index (χ1v) is 7.57. The second-order valence-electron chi connectivity index (χ2n) is 5.42. The van der Waals surface area contributed by atoms with Crippen molar-refractivity contribution in [2.24, 2.45) is 11.7 Å². The average molecular weight is 242 g/mol. The van der Waals surface area contributed by atoms with Crippen LogP contribution in [0.2, 0.25) is 0 Å². The molecule has 0 aliphatic rings. The number of hydrogen-bond acceptors (Lipinski definition) is 2. The molecule has 3 unspecified atom stereocenters. The largest absolute Gasteiger partial charge is 0.329 e. The Hall–Kier alpha value is -0.0800. The maximum absolute atomic E-state index is 6.03. The number of hydrogen-bond donors (Lipinski definition) is 1. The molecule has 0 heterocycles. The van der Waals surface area contributed by atoms with Crippen LogP contribution in [0, 0.1) is 5.92 Å². The molecule has 0 spiro atoms. The molecule has 2 N–H and O–H groups in total. The molecule has 0 fully saturated rings. The van der Waals surface area contributed by atoms with Gasteiger partial charge in [-0.05, 0) is 38.6 Å². The molecule has 3 atom stereocenters. The third-order valence-electron chi connectivity index (χ3n) is 4.00. The van der Waals surface area contributed by atoms with Gasteiger partial charge in [0.2, 0.25) is 0 Å². The van der Waals surface area contributed by atoms with Crippen LogP contribution in [0.3, 0.4) is 0 Å².